The number of hydrogen-bond acceptors (Lipinski definition) is 4. The van der Waals surface area contributed by atoms with Gasteiger partial charge in [-0.15, -0.1) is 0 Å². The molecule has 0 spiro atoms. The van der Waals surface area contributed by atoms with Crippen LogP contribution in [-0.2, 0) is 12.8 Å². The van der Waals surface area contributed by atoms with Crippen LogP contribution in [0, 0.1) is 17.6 Å². The van der Waals surface area contributed by atoms with Crippen molar-refractivity contribution in [3.8, 4) is 0 Å². The van der Waals surface area contributed by atoms with Crippen molar-refractivity contribution < 1.29 is 13.3 Å². The molecule has 2 N–H and O–H groups in total. The van der Waals surface area contributed by atoms with Gasteiger partial charge in [0, 0.05) is 18.9 Å². The van der Waals surface area contributed by atoms with Gasteiger partial charge in [0.15, 0.2) is 5.82 Å². The molecule has 4 nitrogen and oxygen atoms in total. The summed E-state index contributed by atoms with van der Waals surface area (Å²) in [6.45, 7) is 2.60. The smallest absolute Gasteiger partial charge is 0.226 e. The Morgan fingerprint density at radius 2 is 2.15 bits per heavy atom. The van der Waals surface area contributed by atoms with Gasteiger partial charge in [-0.3, -0.25) is 0 Å². The molecule has 0 aliphatic heterocycles. The highest BCUT2D eigenvalue weighted by Gasteiger charge is 2.13. The second-order valence-electron chi connectivity index (χ2n) is 4.73. The monoisotopic (exact) mass is 281 g/mol. The van der Waals surface area contributed by atoms with E-state index >= 15 is 0 Å². The third-order valence-corrected chi connectivity index (χ3v) is 3.25. The van der Waals surface area contributed by atoms with Gasteiger partial charge in [-0.25, -0.2) is 8.78 Å². The minimum absolute atomic E-state index is 0.176. The molecular formula is C14H17F2N3O. The molecule has 6 heteroatoms. The van der Waals surface area contributed by atoms with E-state index in [9.17, 15) is 8.78 Å². The number of benzene rings is 1. The molecule has 1 unspecified atom stereocenters. The first-order chi connectivity index (χ1) is 9.62. The standard InChI is InChI=1S/C14H17F2N3O/c1-2-9(8-17)5-14-18-13(19-20-14)6-10-3-4-11(15)7-12(10)16/h3-4,7,9H,2,5-6,8,17H2,1H3. The van der Waals surface area contributed by atoms with Crippen LogP contribution in [0.2, 0.25) is 0 Å². The number of halogens is 2. The molecule has 0 aliphatic carbocycles. The molecule has 1 aromatic carbocycles. The summed E-state index contributed by atoms with van der Waals surface area (Å²) in [7, 11) is 0. The Morgan fingerprint density at radius 1 is 1.35 bits per heavy atom. The maximum atomic E-state index is 13.5. The third-order valence-electron chi connectivity index (χ3n) is 3.25. The van der Waals surface area contributed by atoms with Crippen LogP contribution in [0.1, 0.15) is 30.6 Å². The first-order valence-electron chi connectivity index (χ1n) is 6.57. The zero-order chi connectivity index (χ0) is 14.5. The van der Waals surface area contributed by atoms with E-state index in [1.807, 2.05) is 6.92 Å². The SMILES string of the molecule is CCC(CN)Cc1nc(Cc2ccc(F)cc2F)no1. The van der Waals surface area contributed by atoms with Gasteiger partial charge in [-0.05, 0) is 24.1 Å². The van der Waals surface area contributed by atoms with E-state index in [4.69, 9.17) is 10.3 Å². The number of hydrogen-bond donors (Lipinski definition) is 1. The molecule has 1 atom stereocenters. The Labute approximate surface area is 116 Å². The summed E-state index contributed by atoms with van der Waals surface area (Å²) in [5, 5.41) is 3.81. The van der Waals surface area contributed by atoms with Crippen molar-refractivity contribution >= 4 is 0 Å². The minimum Gasteiger partial charge on any atom is -0.339 e. The largest absolute Gasteiger partial charge is 0.339 e. The van der Waals surface area contributed by atoms with E-state index in [-0.39, 0.29) is 6.42 Å². The molecule has 1 aromatic heterocycles. The molecule has 1 heterocycles. The van der Waals surface area contributed by atoms with Crippen molar-refractivity contribution in [2.75, 3.05) is 6.54 Å². The number of nitrogens with zero attached hydrogens (tertiary/aromatic N) is 2. The van der Waals surface area contributed by atoms with Crippen LogP contribution >= 0.6 is 0 Å². The molecule has 0 radical (unpaired) electrons. The van der Waals surface area contributed by atoms with E-state index in [1.54, 1.807) is 0 Å². The normalized spacial score (nSPS) is 12.6. The van der Waals surface area contributed by atoms with Gasteiger partial charge < -0.3 is 10.3 Å². The van der Waals surface area contributed by atoms with Gasteiger partial charge in [0.2, 0.25) is 5.89 Å². The summed E-state index contributed by atoms with van der Waals surface area (Å²) in [5.41, 5.74) is 5.96. The maximum absolute atomic E-state index is 13.5. The molecule has 2 rings (SSSR count). The summed E-state index contributed by atoms with van der Waals surface area (Å²) < 4.78 is 31.5. The lowest BCUT2D eigenvalue weighted by molar-refractivity contribution is 0.347. The van der Waals surface area contributed by atoms with Crippen molar-refractivity contribution in [2.24, 2.45) is 11.7 Å². The van der Waals surface area contributed by atoms with Crippen LogP contribution in [0.4, 0.5) is 8.78 Å². The Balaban J connectivity index is 2.05. The van der Waals surface area contributed by atoms with Gasteiger partial charge in [-0.1, -0.05) is 24.6 Å². The van der Waals surface area contributed by atoms with Crippen LogP contribution in [-0.4, -0.2) is 16.7 Å². The first-order valence-corrected chi connectivity index (χ1v) is 6.57. The zero-order valence-corrected chi connectivity index (χ0v) is 11.3. The summed E-state index contributed by atoms with van der Waals surface area (Å²) in [6.07, 6.45) is 1.72. The Hall–Kier alpha value is -1.82. The minimum atomic E-state index is -0.607. The number of aromatic nitrogens is 2. The molecule has 0 saturated carbocycles. The van der Waals surface area contributed by atoms with Crippen LogP contribution in [0.15, 0.2) is 22.7 Å². The second-order valence-corrected chi connectivity index (χ2v) is 4.73. The predicted molar refractivity (Wildman–Crippen MR) is 70.0 cm³/mol. The fourth-order valence-electron chi connectivity index (χ4n) is 1.92. The lowest BCUT2D eigenvalue weighted by Crippen LogP contribution is -2.16. The maximum Gasteiger partial charge on any atom is 0.226 e. The molecule has 108 valence electrons. The Kier molecular flexibility index (Phi) is 4.79. The lowest BCUT2D eigenvalue weighted by Gasteiger charge is -2.07. The molecule has 0 amide bonds. The third kappa shape index (κ3) is 3.60. The first kappa shape index (κ1) is 14.6. The van der Waals surface area contributed by atoms with Crippen molar-refractivity contribution in [1.82, 2.24) is 10.1 Å². The zero-order valence-electron chi connectivity index (χ0n) is 11.3. The van der Waals surface area contributed by atoms with Gasteiger partial charge in [0.1, 0.15) is 11.6 Å². The van der Waals surface area contributed by atoms with Crippen molar-refractivity contribution in [2.45, 2.75) is 26.2 Å². The quantitative estimate of drug-likeness (QED) is 0.883. The van der Waals surface area contributed by atoms with E-state index < -0.39 is 11.6 Å². The van der Waals surface area contributed by atoms with Gasteiger partial charge in [-0.2, -0.15) is 4.98 Å². The van der Waals surface area contributed by atoms with Crippen LogP contribution in [0.3, 0.4) is 0 Å². The topological polar surface area (TPSA) is 64.9 Å². The fraction of sp³-hybridized carbons (Fsp3) is 0.429. The van der Waals surface area contributed by atoms with Crippen LogP contribution in [0.25, 0.3) is 0 Å². The molecule has 0 aliphatic rings. The molecule has 2 aromatic rings. The summed E-state index contributed by atoms with van der Waals surface area (Å²) in [5.74, 6) is -0.0263. The average Bonchev–Trinajstić information content (AvgIpc) is 2.86. The summed E-state index contributed by atoms with van der Waals surface area (Å²) >= 11 is 0. The van der Waals surface area contributed by atoms with Gasteiger partial charge in [0.25, 0.3) is 0 Å². The molecule has 0 saturated heterocycles. The van der Waals surface area contributed by atoms with E-state index in [2.05, 4.69) is 10.1 Å². The van der Waals surface area contributed by atoms with Crippen LogP contribution < -0.4 is 5.73 Å². The number of nitrogens with two attached hydrogens (primary N) is 1. The highest BCUT2D eigenvalue weighted by atomic mass is 19.1. The van der Waals surface area contributed by atoms with Gasteiger partial charge in [0.05, 0.1) is 0 Å². The van der Waals surface area contributed by atoms with Crippen molar-refractivity contribution in [3.05, 3.63) is 47.1 Å². The summed E-state index contributed by atoms with van der Waals surface area (Å²) in [4.78, 5) is 4.21. The fourth-order valence-corrected chi connectivity index (χ4v) is 1.92. The lowest BCUT2D eigenvalue weighted by atomic mass is 10.0. The molecule has 0 bridgehead atoms. The molecule has 20 heavy (non-hydrogen) atoms. The van der Waals surface area contributed by atoms with Gasteiger partial charge >= 0.3 is 0 Å². The van der Waals surface area contributed by atoms with Crippen LogP contribution in [0.5, 0.6) is 0 Å². The highest BCUT2D eigenvalue weighted by Crippen LogP contribution is 2.14. The van der Waals surface area contributed by atoms with E-state index in [0.29, 0.717) is 36.2 Å². The Morgan fingerprint density at radius 3 is 2.80 bits per heavy atom. The number of rotatable bonds is 6. The second kappa shape index (κ2) is 6.56. The molecule has 0 fully saturated rings. The van der Waals surface area contributed by atoms with Crippen molar-refractivity contribution in [3.63, 3.8) is 0 Å². The van der Waals surface area contributed by atoms with E-state index in [0.717, 1.165) is 12.5 Å². The van der Waals surface area contributed by atoms with E-state index in [1.165, 1.54) is 12.1 Å². The summed E-state index contributed by atoms with van der Waals surface area (Å²) in [6, 6.07) is 3.44. The Bertz CT molecular complexity index is 567. The average molecular weight is 281 g/mol. The highest BCUT2D eigenvalue weighted by molar-refractivity contribution is 5.21. The molecular weight excluding hydrogens is 264 g/mol. The predicted octanol–water partition coefficient (Wildman–Crippen LogP) is 2.47. The van der Waals surface area contributed by atoms with Crippen molar-refractivity contribution in [1.29, 1.82) is 0 Å².